The molecule has 2 heterocycles. The number of rotatable bonds is 8. The lowest BCUT2D eigenvalue weighted by Gasteiger charge is -2.10. The van der Waals surface area contributed by atoms with E-state index in [4.69, 9.17) is 9.47 Å². The number of aromatic nitrogens is 2. The van der Waals surface area contributed by atoms with Crippen molar-refractivity contribution in [3.63, 3.8) is 0 Å². The SMILES string of the molecule is COCCCNC(=O)c1cnc(NCC2CCCO2)nc1. The van der Waals surface area contributed by atoms with Gasteiger partial charge in [-0.05, 0) is 19.3 Å². The van der Waals surface area contributed by atoms with Gasteiger partial charge in [-0.25, -0.2) is 9.97 Å². The normalized spacial score (nSPS) is 17.7. The summed E-state index contributed by atoms with van der Waals surface area (Å²) in [7, 11) is 1.64. The van der Waals surface area contributed by atoms with Gasteiger partial charge in [0, 0.05) is 45.8 Å². The summed E-state index contributed by atoms with van der Waals surface area (Å²) in [5.41, 5.74) is 0.454. The highest BCUT2D eigenvalue weighted by molar-refractivity contribution is 5.93. The number of carbonyl (C=O) groups is 1. The van der Waals surface area contributed by atoms with Crippen LogP contribution in [-0.4, -0.2) is 55.4 Å². The second-order valence-electron chi connectivity index (χ2n) is 4.91. The maximum absolute atomic E-state index is 11.8. The van der Waals surface area contributed by atoms with Crippen LogP contribution >= 0.6 is 0 Å². The number of ether oxygens (including phenoxy) is 2. The molecule has 0 spiro atoms. The van der Waals surface area contributed by atoms with Crippen LogP contribution in [0.3, 0.4) is 0 Å². The monoisotopic (exact) mass is 294 g/mol. The second kappa shape index (κ2) is 8.53. The van der Waals surface area contributed by atoms with Crippen molar-refractivity contribution in [1.29, 1.82) is 0 Å². The van der Waals surface area contributed by atoms with E-state index in [1.54, 1.807) is 7.11 Å². The first kappa shape index (κ1) is 15.7. The zero-order valence-electron chi connectivity index (χ0n) is 12.3. The summed E-state index contributed by atoms with van der Waals surface area (Å²) in [5, 5.41) is 5.91. The van der Waals surface area contributed by atoms with Gasteiger partial charge in [-0.2, -0.15) is 0 Å². The van der Waals surface area contributed by atoms with Gasteiger partial charge < -0.3 is 20.1 Å². The van der Waals surface area contributed by atoms with E-state index < -0.39 is 0 Å². The molecule has 0 aliphatic carbocycles. The van der Waals surface area contributed by atoms with E-state index in [0.717, 1.165) is 25.9 Å². The molecule has 7 nitrogen and oxygen atoms in total. The average Bonchev–Trinajstić information content (AvgIpc) is 3.03. The van der Waals surface area contributed by atoms with Crippen molar-refractivity contribution in [3.8, 4) is 0 Å². The van der Waals surface area contributed by atoms with Gasteiger partial charge in [-0.3, -0.25) is 4.79 Å². The van der Waals surface area contributed by atoms with Gasteiger partial charge in [-0.1, -0.05) is 0 Å². The maximum atomic E-state index is 11.8. The molecule has 1 fully saturated rings. The van der Waals surface area contributed by atoms with E-state index in [9.17, 15) is 4.79 Å². The molecule has 1 unspecified atom stereocenters. The number of hydrogen-bond acceptors (Lipinski definition) is 6. The fourth-order valence-electron chi connectivity index (χ4n) is 2.07. The van der Waals surface area contributed by atoms with Crippen LogP contribution in [0.15, 0.2) is 12.4 Å². The molecule has 0 radical (unpaired) electrons. The van der Waals surface area contributed by atoms with Crippen LogP contribution in [0, 0.1) is 0 Å². The summed E-state index contributed by atoms with van der Waals surface area (Å²) in [6, 6.07) is 0. The summed E-state index contributed by atoms with van der Waals surface area (Å²) in [4.78, 5) is 20.1. The van der Waals surface area contributed by atoms with Crippen molar-refractivity contribution in [1.82, 2.24) is 15.3 Å². The Morgan fingerprint density at radius 3 is 2.95 bits per heavy atom. The number of methoxy groups -OCH3 is 1. The number of anilines is 1. The van der Waals surface area contributed by atoms with Gasteiger partial charge in [0.15, 0.2) is 0 Å². The van der Waals surface area contributed by atoms with Gasteiger partial charge >= 0.3 is 0 Å². The Kier molecular flexibility index (Phi) is 6.36. The van der Waals surface area contributed by atoms with Crippen LogP contribution in [0.25, 0.3) is 0 Å². The lowest BCUT2D eigenvalue weighted by atomic mass is 10.2. The largest absolute Gasteiger partial charge is 0.385 e. The molecule has 2 rings (SSSR count). The van der Waals surface area contributed by atoms with Crippen LogP contribution in [0.2, 0.25) is 0 Å². The Hall–Kier alpha value is -1.73. The Bertz CT molecular complexity index is 432. The van der Waals surface area contributed by atoms with Crippen molar-refractivity contribution in [2.45, 2.75) is 25.4 Å². The van der Waals surface area contributed by atoms with Crippen LogP contribution in [-0.2, 0) is 9.47 Å². The summed E-state index contributed by atoms with van der Waals surface area (Å²) in [5.74, 6) is 0.346. The molecular weight excluding hydrogens is 272 g/mol. The molecule has 1 aromatic rings. The van der Waals surface area contributed by atoms with Gasteiger partial charge in [0.05, 0.1) is 11.7 Å². The molecule has 0 aromatic carbocycles. The number of hydrogen-bond donors (Lipinski definition) is 2. The molecule has 1 aliphatic rings. The van der Waals surface area contributed by atoms with E-state index in [0.29, 0.717) is 31.2 Å². The molecule has 1 saturated heterocycles. The smallest absolute Gasteiger partial charge is 0.254 e. The minimum atomic E-state index is -0.170. The summed E-state index contributed by atoms with van der Waals surface area (Å²) < 4.78 is 10.4. The minimum absolute atomic E-state index is 0.170. The van der Waals surface area contributed by atoms with Gasteiger partial charge in [0.2, 0.25) is 5.95 Å². The van der Waals surface area contributed by atoms with Crippen molar-refractivity contribution in [2.24, 2.45) is 0 Å². The van der Waals surface area contributed by atoms with Gasteiger partial charge in [0.25, 0.3) is 5.91 Å². The summed E-state index contributed by atoms with van der Waals surface area (Å²) in [6.07, 6.45) is 6.24. The molecule has 1 aliphatic heterocycles. The van der Waals surface area contributed by atoms with Crippen molar-refractivity contribution >= 4 is 11.9 Å². The lowest BCUT2D eigenvalue weighted by molar-refractivity contribution is 0.0948. The average molecular weight is 294 g/mol. The Morgan fingerprint density at radius 2 is 2.29 bits per heavy atom. The molecule has 1 aromatic heterocycles. The van der Waals surface area contributed by atoms with E-state index in [1.165, 1.54) is 12.4 Å². The topological polar surface area (TPSA) is 85.4 Å². The van der Waals surface area contributed by atoms with Crippen molar-refractivity contribution in [2.75, 3.05) is 38.7 Å². The molecule has 0 saturated carbocycles. The third kappa shape index (κ3) is 5.28. The van der Waals surface area contributed by atoms with Crippen LogP contribution in [0.4, 0.5) is 5.95 Å². The van der Waals surface area contributed by atoms with Gasteiger partial charge in [-0.15, -0.1) is 0 Å². The quantitative estimate of drug-likeness (QED) is 0.691. The molecule has 21 heavy (non-hydrogen) atoms. The third-order valence-electron chi connectivity index (χ3n) is 3.24. The van der Waals surface area contributed by atoms with Crippen molar-refractivity contribution < 1.29 is 14.3 Å². The second-order valence-corrected chi connectivity index (χ2v) is 4.91. The number of amides is 1. The molecular formula is C14H22N4O3. The molecule has 1 amide bonds. The van der Waals surface area contributed by atoms with E-state index in [1.807, 2.05) is 0 Å². The summed E-state index contributed by atoms with van der Waals surface area (Å²) in [6.45, 7) is 2.73. The van der Waals surface area contributed by atoms with E-state index >= 15 is 0 Å². The number of nitrogens with one attached hydrogen (secondary N) is 2. The molecule has 7 heteroatoms. The first-order valence-corrected chi connectivity index (χ1v) is 7.24. The molecule has 0 bridgehead atoms. The predicted octanol–water partition coefficient (Wildman–Crippen LogP) is 0.834. The minimum Gasteiger partial charge on any atom is -0.385 e. The van der Waals surface area contributed by atoms with Crippen LogP contribution < -0.4 is 10.6 Å². The zero-order valence-corrected chi connectivity index (χ0v) is 12.3. The number of nitrogens with zero attached hydrogens (tertiary/aromatic N) is 2. The highest BCUT2D eigenvalue weighted by Crippen LogP contribution is 2.12. The van der Waals surface area contributed by atoms with E-state index in [2.05, 4.69) is 20.6 Å². The predicted molar refractivity (Wildman–Crippen MR) is 78.3 cm³/mol. The molecule has 116 valence electrons. The molecule has 1 atom stereocenters. The third-order valence-corrected chi connectivity index (χ3v) is 3.24. The summed E-state index contributed by atoms with van der Waals surface area (Å²) >= 11 is 0. The van der Waals surface area contributed by atoms with Crippen molar-refractivity contribution in [3.05, 3.63) is 18.0 Å². The Labute approximate surface area is 124 Å². The van der Waals surface area contributed by atoms with Crippen LogP contribution in [0.1, 0.15) is 29.6 Å². The van der Waals surface area contributed by atoms with Crippen LogP contribution in [0.5, 0.6) is 0 Å². The molecule has 2 N–H and O–H groups in total. The van der Waals surface area contributed by atoms with E-state index in [-0.39, 0.29) is 12.0 Å². The standard InChI is InChI=1S/C14H22N4O3/c1-20-6-3-5-15-13(19)11-8-16-14(17-9-11)18-10-12-4-2-7-21-12/h8-9,12H,2-7,10H2,1H3,(H,15,19)(H,16,17,18). The fraction of sp³-hybridized carbons (Fsp3) is 0.643. The first-order chi connectivity index (χ1) is 10.3. The number of carbonyl (C=O) groups excluding carboxylic acids is 1. The highest BCUT2D eigenvalue weighted by atomic mass is 16.5. The fourth-order valence-corrected chi connectivity index (χ4v) is 2.07. The van der Waals surface area contributed by atoms with Gasteiger partial charge in [0.1, 0.15) is 0 Å². The lowest BCUT2D eigenvalue weighted by Crippen LogP contribution is -2.25. The highest BCUT2D eigenvalue weighted by Gasteiger charge is 2.15. The first-order valence-electron chi connectivity index (χ1n) is 7.24. The zero-order chi connectivity index (χ0) is 14.9. The Morgan fingerprint density at radius 1 is 1.48 bits per heavy atom. The Balaban J connectivity index is 1.73. The maximum Gasteiger partial charge on any atom is 0.254 e.